The summed E-state index contributed by atoms with van der Waals surface area (Å²) in [7, 11) is 3.12. The quantitative estimate of drug-likeness (QED) is 0.873. The first-order chi connectivity index (χ1) is 12.0. The highest BCUT2D eigenvalue weighted by Crippen LogP contribution is 2.27. The van der Waals surface area contributed by atoms with Crippen LogP contribution in [-0.2, 0) is 11.2 Å². The van der Waals surface area contributed by atoms with Gasteiger partial charge in [-0.1, -0.05) is 18.2 Å². The number of hydrogen-bond donors (Lipinski definition) is 1. The zero-order valence-corrected chi connectivity index (χ0v) is 14.9. The van der Waals surface area contributed by atoms with Gasteiger partial charge in [0.05, 0.1) is 20.3 Å². The van der Waals surface area contributed by atoms with Gasteiger partial charge in [0.15, 0.2) is 0 Å². The van der Waals surface area contributed by atoms with Gasteiger partial charge in [-0.2, -0.15) is 5.26 Å². The molecule has 0 unspecified atom stereocenters. The van der Waals surface area contributed by atoms with Crippen molar-refractivity contribution >= 4 is 11.6 Å². The molecule has 2 rings (SSSR count). The molecule has 1 N–H and O–H groups in total. The number of nitrogens with one attached hydrogen (secondary N) is 1. The van der Waals surface area contributed by atoms with E-state index in [-0.39, 0.29) is 12.3 Å². The second-order valence-electron chi connectivity index (χ2n) is 5.87. The normalized spacial score (nSPS) is 11.3. The maximum Gasteiger partial charge on any atom is 0.242 e. The van der Waals surface area contributed by atoms with Crippen LogP contribution in [0.15, 0.2) is 36.4 Å². The Morgan fingerprint density at radius 3 is 2.56 bits per heavy atom. The molecule has 130 valence electrons. The zero-order valence-electron chi connectivity index (χ0n) is 14.9. The standard InChI is InChI=1S/C20H22N2O3/c1-13-5-6-14(2)18(9-13)22-20(23)16(12-21)10-15-7-8-17(24-3)11-19(15)25-4/h5-9,11,16H,10H2,1-4H3,(H,22,23)/t16-/m0/s1. The molecule has 0 radical (unpaired) electrons. The van der Waals surface area contributed by atoms with Gasteiger partial charge < -0.3 is 14.8 Å². The predicted octanol–water partition coefficient (Wildman–Crippen LogP) is 3.64. The van der Waals surface area contributed by atoms with Gasteiger partial charge in [-0.15, -0.1) is 0 Å². The number of carbonyl (C=O) groups excluding carboxylic acids is 1. The fourth-order valence-electron chi connectivity index (χ4n) is 2.53. The fraction of sp³-hybridized carbons (Fsp3) is 0.300. The fourth-order valence-corrected chi connectivity index (χ4v) is 2.53. The van der Waals surface area contributed by atoms with Crippen LogP contribution in [0.1, 0.15) is 16.7 Å². The van der Waals surface area contributed by atoms with E-state index in [4.69, 9.17) is 9.47 Å². The summed E-state index contributed by atoms with van der Waals surface area (Å²) >= 11 is 0. The molecule has 1 atom stereocenters. The second kappa shape index (κ2) is 8.20. The van der Waals surface area contributed by atoms with Gasteiger partial charge in [0, 0.05) is 18.2 Å². The molecule has 0 aromatic heterocycles. The second-order valence-corrected chi connectivity index (χ2v) is 5.87. The van der Waals surface area contributed by atoms with Crippen molar-refractivity contribution in [2.75, 3.05) is 19.5 Å². The molecule has 1 amide bonds. The van der Waals surface area contributed by atoms with E-state index in [1.807, 2.05) is 38.1 Å². The monoisotopic (exact) mass is 338 g/mol. The van der Waals surface area contributed by atoms with E-state index in [2.05, 4.69) is 11.4 Å². The number of benzene rings is 2. The smallest absolute Gasteiger partial charge is 0.242 e. The number of aryl methyl sites for hydroxylation is 2. The van der Waals surface area contributed by atoms with Gasteiger partial charge in [0.1, 0.15) is 17.4 Å². The Morgan fingerprint density at radius 1 is 1.16 bits per heavy atom. The topological polar surface area (TPSA) is 71.3 Å². The minimum atomic E-state index is -0.817. The molecule has 0 fully saturated rings. The lowest BCUT2D eigenvalue weighted by atomic mass is 9.98. The molecule has 25 heavy (non-hydrogen) atoms. The zero-order chi connectivity index (χ0) is 18.4. The molecule has 5 heteroatoms. The van der Waals surface area contributed by atoms with Gasteiger partial charge in [-0.05, 0) is 42.7 Å². The third-order valence-electron chi connectivity index (χ3n) is 4.04. The summed E-state index contributed by atoms with van der Waals surface area (Å²) in [5.74, 6) is 0.115. The number of nitriles is 1. The number of methoxy groups -OCH3 is 2. The van der Waals surface area contributed by atoms with Crippen LogP contribution < -0.4 is 14.8 Å². The van der Waals surface area contributed by atoms with Crippen LogP contribution in [0.5, 0.6) is 11.5 Å². The summed E-state index contributed by atoms with van der Waals surface area (Å²) in [5, 5.41) is 12.3. The van der Waals surface area contributed by atoms with Gasteiger partial charge in [-0.25, -0.2) is 0 Å². The molecule has 0 saturated heterocycles. The summed E-state index contributed by atoms with van der Waals surface area (Å²) in [5.41, 5.74) is 3.52. The average molecular weight is 338 g/mol. The first kappa shape index (κ1) is 18.3. The van der Waals surface area contributed by atoms with Crippen molar-refractivity contribution in [3.8, 4) is 17.6 Å². The van der Waals surface area contributed by atoms with E-state index in [9.17, 15) is 10.1 Å². The molecule has 0 heterocycles. The molecule has 2 aromatic rings. The summed E-state index contributed by atoms with van der Waals surface area (Å²) in [4.78, 5) is 12.5. The van der Waals surface area contributed by atoms with Crippen LogP contribution >= 0.6 is 0 Å². The third-order valence-corrected chi connectivity index (χ3v) is 4.04. The number of hydrogen-bond acceptors (Lipinski definition) is 4. The molecule has 0 aliphatic rings. The van der Waals surface area contributed by atoms with Crippen molar-refractivity contribution in [2.24, 2.45) is 5.92 Å². The highest BCUT2D eigenvalue weighted by atomic mass is 16.5. The Bertz CT molecular complexity index is 809. The highest BCUT2D eigenvalue weighted by Gasteiger charge is 2.21. The molecule has 2 aromatic carbocycles. The van der Waals surface area contributed by atoms with E-state index in [0.29, 0.717) is 11.5 Å². The summed E-state index contributed by atoms with van der Waals surface area (Å²) in [6.07, 6.45) is 0.264. The maximum absolute atomic E-state index is 12.5. The number of rotatable bonds is 6. The molecule has 0 aliphatic heterocycles. The Labute approximate surface area is 148 Å². The third kappa shape index (κ3) is 4.51. The molecular weight excluding hydrogens is 316 g/mol. The van der Waals surface area contributed by atoms with Crippen molar-refractivity contribution in [3.63, 3.8) is 0 Å². The van der Waals surface area contributed by atoms with E-state index >= 15 is 0 Å². The number of nitrogens with zero attached hydrogens (tertiary/aromatic N) is 1. The van der Waals surface area contributed by atoms with Crippen molar-refractivity contribution < 1.29 is 14.3 Å². The van der Waals surface area contributed by atoms with E-state index in [1.165, 1.54) is 0 Å². The molecule has 0 aliphatic carbocycles. The summed E-state index contributed by atoms with van der Waals surface area (Å²) in [6.45, 7) is 3.88. The van der Waals surface area contributed by atoms with E-state index in [0.717, 1.165) is 22.4 Å². The molecule has 0 saturated carbocycles. The number of ether oxygens (including phenoxy) is 2. The van der Waals surface area contributed by atoms with Crippen LogP contribution in [0.3, 0.4) is 0 Å². The van der Waals surface area contributed by atoms with Crippen molar-refractivity contribution in [1.82, 2.24) is 0 Å². The Hall–Kier alpha value is -3.00. The van der Waals surface area contributed by atoms with Gasteiger partial charge in [0.2, 0.25) is 5.91 Å². The minimum absolute atomic E-state index is 0.264. The van der Waals surface area contributed by atoms with Crippen LogP contribution in [0, 0.1) is 31.1 Å². The Morgan fingerprint density at radius 2 is 1.92 bits per heavy atom. The summed E-state index contributed by atoms with van der Waals surface area (Å²) in [6, 6.07) is 13.3. The highest BCUT2D eigenvalue weighted by molar-refractivity contribution is 5.95. The largest absolute Gasteiger partial charge is 0.497 e. The Balaban J connectivity index is 2.18. The molecule has 0 bridgehead atoms. The van der Waals surface area contributed by atoms with Crippen molar-refractivity contribution in [1.29, 1.82) is 5.26 Å². The van der Waals surface area contributed by atoms with Gasteiger partial charge in [-0.3, -0.25) is 4.79 Å². The van der Waals surface area contributed by atoms with Gasteiger partial charge in [0.25, 0.3) is 0 Å². The van der Waals surface area contributed by atoms with Crippen LogP contribution in [-0.4, -0.2) is 20.1 Å². The van der Waals surface area contributed by atoms with E-state index < -0.39 is 5.92 Å². The molecular formula is C20H22N2O3. The average Bonchev–Trinajstić information content (AvgIpc) is 2.62. The minimum Gasteiger partial charge on any atom is -0.497 e. The number of carbonyl (C=O) groups is 1. The maximum atomic E-state index is 12.5. The molecule has 0 spiro atoms. The van der Waals surface area contributed by atoms with Crippen LogP contribution in [0.4, 0.5) is 5.69 Å². The van der Waals surface area contributed by atoms with Crippen molar-refractivity contribution in [2.45, 2.75) is 20.3 Å². The van der Waals surface area contributed by atoms with Crippen LogP contribution in [0.2, 0.25) is 0 Å². The predicted molar refractivity (Wildman–Crippen MR) is 96.9 cm³/mol. The lowest BCUT2D eigenvalue weighted by Gasteiger charge is -2.15. The van der Waals surface area contributed by atoms with Gasteiger partial charge >= 0.3 is 0 Å². The first-order valence-electron chi connectivity index (χ1n) is 7.97. The first-order valence-corrected chi connectivity index (χ1v) is 7.97. The van der Waals surface area contributed by atoms with Crippen LogP contribution in [0.25, 0.3) is 0 Å². The lowest BCUT2D eigenvalue weighted by Crippen LogP contribution is -2.24. The number of anilines is 1. The van der Waals surface area contributed by atoms with E-state index in [1.54, 1.807) is 26.4 Å². The summed E-state index contributed by atoms with van der Waals surface area (Å²) < 4.78 is 10.5. The Kier molecular flexibility index (Phi) is 6.02. The SMILES string of the molecule is COc1ccc(C[C@@H](C#N)C(=O)Nc2cc(C)ccc2C)c(OC)c1. The van der Waals surface area contributed by atoms with Crippen molar-refractivity contribution in [3.05, 3.63) is 53.1 Å². The molecule has 5 nitrogen and oxygen atoms in total. The lowest BCUT2D eigenvalue weighted by molar-refractivity contribution is -0.118. The number of amides is 1.